The Balaban J connectivity index is 1.77. The van der Waals surface area contributed by atoms with Crippen LogP contribution in [0.3, 0.4) is 0 Å². The van der Waals surface area contributed by atoms with Gasteiger partial charge < -0.3 is 4.98 Å². The molecule has 0 aliphatic carbocycles. The van der Waals surface area contributed by atoms with Crippen molar-refractivity contribution in [2.45, 2.75) is 46.2 Å². The lowest BCUT2D eigenvalue weighted by Crippen LogP contribution is -2.35. The summed E-state index contributed by atoms with van der Waals surface area (Å²) in [4.78, 5) is 22.1. The summed E-state index contributed by atoms with van der Waals surface area (Å²) in [6.07, 6.45) is 2.66. The maximum Gasteiger partial charge on any atom is 0.255 e. The summed E-state index contributed by atoms with van der Waals surface area (Å²) in [5.41, 5.74) is 4.02. The third-order valence-electron chi connectivity index (χ3n) is 4.23. The molecule has 0 atom stereocenters. The van der Waals surface area contributed by atoms with Crippen molar-refractivity contribution >= 4 is 0 Å². The molecule has 0 radical (unpaired) electrons. The number of aromatic nitrogens is 4. The van der Waals surface area contributed by atoms with Crippen LogP contribution in [0.1, 0.15) is 41.8 Å². The van der Waals surface area contributed by atoms with Crippen molar-refractivity contribution in [1.82, 2.24) is 24.6 Å². The molecule has 1 aliphatic rings. The Hall–Kier alpha value is -1.95. The highest BCUT2D eigenvalue weighted by atomic mass is 16.1. The van der Waals surface area contributed by atoms with Crippen molar-refractivity contribution in [2.75, 3.05) is 6.54 Å². The summed E-state index contributed by atoms with van der Waals surface area (Å²) in [6.45, 7) is 6.49. The van der Waals surface area contributed by atoms with Crippen LogP contribution in [0.2, 0.25) is 0 Å². The third kappa shape index (κ3) is 2.97. The van der Waals surface area contributed by atoms with E-state index in [2.05, 4.69) is 33.0 Å². The van der Waals surface area contributed by atoms with E-state index in [0.29, 0.717) is 6.54 Å². The van der Waals surface area contributed by atoms with Gasteiger partial charge in [-0.25, -0.2) is 4.98 Å². The molecule has 0 unspecified atom stereocenters. The molecule has 0 saturated heterocycles. The van der Waals surface area contributed by atoms with Gasteiger partial charge in [0.2, 0.25) is 0 Å². The van der Waals surface area contributed by atoms with Gasteiger partial charge in [0.05, 0.1) is 17.0 Å². The van der Waals surface area contributed by atoms with Gasteiger partial charge in [0, 0.05) is 45.2 Å². The van der Waals surface area contributed by atoms with E-state index in [1.807, 2.05) is 18.7 Å². The number of aryl methyl sites for hydroxylation is 3. The fourth-order valence-electron chi connectivity index (χ4n) is 2.96. The minimum atomic E-state index is 0.0235. The molecule has 6 heteroatoms. The maximum absolute atomic E-state index is 12.3. The van der Waals surface area contributed by atoms with Gasteiger partial charge in [-0.3, -0.25) is 14.4 Å². The smallest absolute Gasteiger partial charge is 0.255 e. The summed E-state index contributed by atoms with van der Waals surface area (Å²) >= 11 is 0. The van der Waals surface area contributed by atoms with E-state index in [0.717, 1.165) is 60.8 Å². The van der Waals surface area contributed by atoms with Crippen molar-refractivity contribution in [3.05, 3.63) is 44.9 Å². The Labute approximate surface area is 130 Å². The fraction of sp³-hybridized carbons (Fsp3) is 0.562. The quantitative estimate of drug-likeness (QED) is 0.925. The minimum absolute atomic E-state index is 0.0235. The summed E-state index contributed by atoms with van der Waals surface area (Å²) in [7, 11) is 1.95. The molecule has 2 aromatic heterocycles. The van der Waals surface area contributed by atoms with E-state index in [-0.39, 0.29) is 5.56 Å². The van der Waals surface area contributed by atoms with Gasteiger partial charge >= 0.3 is 0 Å². The second-order valence-electron chi connectivity index (χ2n) is 6.05. The number of rotatable bonds is 4. The predicted molar refractivity (Wildman–Crippen MR) is 84.6 cm³/mol. The highest BCUT2D eigenvalue weighted by molar-refractivity contribution is 5.21. The van der Waals surface area contributed by atoms with E-state index < -0.39 is 0 Å². The highest BCUT2D eigenvalue weighted by Crippen LogP contribution is 2.16. The molecular weight excluding hydrogens is 278 g/mol. The molecule has 1 aliphatic heterocycles. The predicted octanol–water partition coefficient (Wildman–Crippen LogP) is 1.32. The first-order valence-electron chi connectivity index (χ1n) is 7.89. The molecule has 0 fully saturated rings. The molecule has 0 aromatic carbocycles. The average Bonchev–Trinajstić information content (AvgIpc) is 2.78. The number of fused-ring (bicyclic) bond motifs is 1. The summed E-state index contributed by atoms with van der Waals surface area (Å²) < 4.78 is 1.89. The molecule has 3 rings (SSSR count). The third-order valence-corrected chi connectivity index (χ3v) is 4.23. The van der Waals surface area contributed by atoms with E-state index >= 15 is 0 Å². The first-order valence-corrected chi connectivity index (χ1v) is 7.89. The number of H-pyrrole nitrogens is 1. The van der Waals surface area contributed by atoms with Crippen molar-refractivity contribution in [1.29, 1.82) is 0 Å². The Morgan fingerprint density at radius 3 is 2.91 bits per heavy atom. The second kappa shape index (κ2) is 6.04. The van der Waals surface area contributed by atoms with Crippen LogP contribution in [-0.4, -0.2) is 31.2 Å². The number of nitrogens with one attached hydrogen (secondary N) is 1. The minimum Gasteiger partial charge on any atom is -0.310 e. The van der Waals surface area contributed by atoms with Gasteiger partial charge in [0.15, 0.2) is 0 Å². The SMILES string of the molecule is CCCc1nc2c(c(=O)[nH]1)CN(Cc1cc(C)n(C)n1)CC2. The summed E-state index contributed by atoms with van der Waals surface area (Å²) in [5.74, 6) is 0.819. The largest absolute Gasteiger partial charge is 0.310 e. The van der Waals surface area contributed by atoms with Crippen LogP contribution in [0.15, 0.2) is 10.9 Å². The molecule has 2 aromatic rings. The Morgan fingerprint density at radius 1 is 1.41 bits per heavy atom. The van der Waals surface area contributed by atoms with E-state index in [1.54, 1.807) is 0 Å². The number of aromatic amines is 1. The zero-order chi connectivity index (χ0) is 15.7. The first-order chi connectivity index (χ1) is 10.6. The molecule has 1 N–H and O–H groups in total. The zero-order valence-electron chi connectivity index (χ0n) is 13.5. The Morgan fingerprint density at radius 2 is 2.23 bits per heavy atom. The van der Waals surface area contributed by atoms with Crippen LogP contribution in [0.4, 0.5) is 0 Å². The van der Waals surface area contributed by atoms with Crippen LogP contribution in [0.25, 0.3) is 0 Å². The lowest BCUT2D eigenvalue weighted by molar-refractivity contribution is 0.238. The lowest BCUT2D eigenvalue weighted by Gasteiger charge is -2.26. The monoisotopic (exact) mass is 301 g/mol. The normalized spacial score (nSPS) is 15.0. The number of hydrogen-bond acceptors (Lipinski definition) is 4. The fourth-order valence-corrected chi connectivity index (χ4v) is 2.96. The van der Waals surface area contributed by atoms with Crippen LogP contribution in [0, 0.1) is 6.92 Å². The molecular formula is C16H23N5O. The van der Waals surface area contributed by atoms with Crippen molar-refractivity contribution in [3.63, 3.8) is 0 Å². The van der Waals surface area contributed by atoms with Gasteiger partial charge in [-0.15, -0.1) is 0 Å². The maximum atomic E-state index is 12.3. The average molecular weight is 301 g/mol. The van der Waals surface area contributed by atoms with Crippen LogP contribution < -0.4 is 5.56 Å². The number of nitrogens with zero attached hydrogens (tertiary/aromatic N) is 4. The van der Waals surface area contributed by atoms with E-state index in [9.17, 15) is 4.79 Å². The molecule has 0 saturated carbocycles. The molecule has 0 bridgehead atoms. The molecule has 6 nitrogen and oxygen atoms in total. The zero-order valence-corrected chi connectivity index (χ0v) is 13.5. The van der Waals surface area contributed by atoms with E-state index in [1.165, 1.54) is 0 Å². The lowest BCUT2D eigenvalue weighted by atomic mass is 10.1. The molecule has 118 valence electrons. The van der Waals surface area contributed by atoms with Gasteiger partial charge in [-0.05, 0) is 19.4 Å². The molecule has 22 heavy (non-hydrogen) atoms. The highest BCUT2D eigenvalue weighted by Gasteiger charge is 2.21. The van der Waals surface area contributed by atoms with Gasteiger partial charge in [-0.1, -0.05) is 6.92 Å². The first kappa shape index (κ1) is 15.0. The standard InChI is InChI=1S/C16H23N5O/c1-4-5-15-17-14-6-7-21(10-13(14)16(22)18-15)9-12-8-11(2)20(3)19-12/h8H,4-7,9-10H2,1-3H3,(H,17,18,22). The van der Waals surface area contributed by atoms with Crippen LogP contribution >= 0.6 is 0 Å². The topological polar surface area (TPSA) is 66.8 Å². The van der Waals surface area contributed by atoms with Crippen molar-refractivity contribution in [3.8, 4) is 0 Å². The van der Waals surface area contributed by atoms with Gasteiger partial charge in [0.1, 0.15) is 5.82 Å². The van der Waals surface area contributed by atoms with Gasteiger partial charge in [-0.2, -0.15) is 5.10 Å². The molecule has 3 heterocycles. The molecule has 0 spiro atoms. The summed E-state index contributed by atoms with van der Waals surface area (Å²) in [5, 5.41) is 4.49. The van der Waals surface area contributed by atoms with Crippen molar-refractivity contribution in [2.24, 2.45) is 7.05 Å². The van der Waals surface area contributed by atoms with Crippen LogP contribution in [0.5, 0.6) is 0 Å². The molecule has 0 amide bonds. The summed E-state index contributed by atoms with van der Waals surface area (Å²) in [6, 6.07) is 2.10. The number of hydrogen-bond donors (Lipinski definition) is 1. The van der Waals surface area contributed by atoms with Crippen LogP contribution in [-0.2, 0) is 33.0 Å². The second-order valence-corrected chi connectivity index (χ2v) is 6.05. The Bertz CT molecular complexity index is 711. The van der Waals surface area contributed by atoms with Gasteiger partial charge in [0.25, 0.3) is 5.56 Å². The van der Waals surface area contributed by atoms with Crippen molar-refractivity contribution < 1.29 is 0 Å². The Kier molecular flexibility index (Phi) is 4.11. The van der Waals surface area contributed by atoms with E-state index in [4.69, 9.17) is 0 Å².